The molecule has 0 spiro atoms. The molecular formula is C30H39NO5. The number of phenolic OH excluding ortho intramolecular Hbond substituents is 1. The number of likely N-dealkylation sites (tertiary alicyclic amines) is 1. The molecule has 2 N–H and O–H groups in total. The molecule has 1 fully saturated rings. The molecule has 0 bridgehead atoms. The maximum absolute atomic E-state index is 13.1. The fourth-order valence-electron chi connectivity index (χ4n) is 4.79. The molecule has 0 aromatic heterocycles. The molecule has 0 unspecified atom stereocenters. The van der Waals surface area contributed by atoms with E-state index in [1.165, 1.54) is 57.1 Å². The number of phenols is 1. The number of aliphatic hydroxyl groups excluding tert-OH is 1. The summed E-state index contributed by atoms with van der Waals surface area (Å²) in [6.45, 7) is 2.66. The molecule has 3 rings (SSSR count). The Morgan fingerprint density at radius 2 is 1.39 bits per heavy atom. The molecule has 36 heavy (non-hydrogen) atoms. The Bertz CT molecular complexity index is 1030. The number of methoxy groups -OCH3 is 1. The SMILES string of the molecule is CCCCCCCCCCCCN1C(=O)C(=O)C(=C(O)c2ccc(OC)cc2)[C@H]1c1ccc(O)cc1. The van der Waals surface area contributed by atoms with Crippen LogP contribution >= 0.6 is 0 Å². The molecule has 0 radical (unpaired) electrons. The third kappa shape index (κ3) is 6.90. The van der Waals surface area contributed by atoms with E-state index in [9.17, 15) is 19.8 Å². The van der Waals surface area contributed by atoms with Crippen molar-refractivity contribution in [2.75, 3.05) is 13.7 Å². The number of hydrogen-bond donors (Lipinski definition) is 2. The largest absolute Gasteiger partial charge is 0.508 e. The van der Waals surface area contributed by atoms with Crippen LogP contribution in [0.25, 0.3) is 5.76 Å². The topological polar surface area (TPSA) is 87.1 Å². The van der Waals surface area contributed by atoms with Gasteiger partial charge in [0.05, 0.1) is 18.7 Å². The van der Waals surface area contributed by atoms with Crippen LogP contribution in [0.4, 0.5) is 0 Å². The number of benzene rings is 2. The first kappa shape index (κ1) is 27.3. The van der Waals surface area contributed by atoms with Gasteiger partial charge in [0.15, 0.2) is 0 Å². The predicted octanol–water partition coefficient (Wildman–Crippen LogP) is 6.74. The van der Waals surface area contributed by atoms with Gasteiger partial charge in [-0.15, -0.1) is 0 Å². The first-order chi connectivity index (χ1) is 17.5. The van der Waals surface area contributed by atoms with Gasteiger partial charge in [0, 0.05) is 12.1 Å². The number of aliphatic hydroxyl groups is 1. The molecule has 1 atom stereocenters. The summed E-state index contributed by atoms with van der Waals surface area (Å²) in [5, 5.41) is 20.9. The second-order valence-corrected chi connectivity index (χ2v) is 9.49. The third-order valence-corrected chi connectivity index (χ3v) is 6.86. The summed E-state index contributed by atoms with van der Waals surface area (Å²) in [6, 6.07) is 12.5. The van der Waals surface area contributed by atoms with Crippen LogP contribution in [0.1, 0.15) is 88.3 Å². The molecule has 6 heteroatoms. The van der Waals surface area contributed by atoms with E-state index < -0.39 is 17.7 Å². The molecule has 1 aliphatic rings. The summed E-state index contributed by atoms with van der Waals surface area (Å²) in [5.41, 5.74) is 1.19. The minimum Gasteiger partial charge on any atom is -0.508 e. The smallest absolute Gasteiger partial charge is 0.295 e. The minimum absolute atomic E-state index is 0.0722. The minimum atomic E-state index is -0.703. The summed E-state index contributed by atoms with van der Waals surface area (Å²) >= 11 is 0. The van der Waals surface area contributed by atoms with Crippen molar-refractivity contribution in [3.05, 3.63) is 65.2 Å². The van der Waals surface area contributed by atoms with E-state index in [0.717, 1.165) is 19.3 Å². The van der Waals surface area contributed by atoms with E-state index in [-0.39, 0.29) is 17.1 Å². The lowest BCUT2D eigenvalue weighted by molar-refractivity contribution is -0.139. The van der Waals surface area contributed by atoms with Crippen LogP contribution in [-0.4, -0.2) is 40.5 Å². The highest BCUT2D eigenvalue weighted by atomic mass is 16.5. The molecular weight excluding hydrogens is 454 g/mol. The number of carbonyl (C=O) groups excluding carboxylic acids is 2. The number of Topliss-reactive ketones (excluding diaryl/α,β-unsaturated/α-hetero) is 1. The van der Waals surface area contributed by atoms with Crippen molar-refractivity contribution in [2.45, 2.75) is 77.2 Å². The predicted molar refractivity (Wildman–Crippen MR) is 142 cm³/mol. The van der Waals surface area contributed by atoms with Crippen molar-refractivity contribution in [1.82, 2.24) is 4.90 Å². The third-order valence-electron chi connectivity index (χ3n) is 6.86. The van der Waals surface area contributed by atoms with E-state index in [4.69, 9.17) is 4.74 Å². The van der Waals surface area contributed by atoms with Crippen LogP contribution < -0.4 is 4.74 Å². The zero-order valence-electron chi connectivity index (χ0n) is 21.5. The van der Waals surface area contributed by atoms with Crippen LogP contribution in [0.5, 0.6) is 11.5 Å². The van der Waals surface area contributed by atoms with Gasteiger partial charge in [0.25, 0.3) is 11.7 Å². The lowest BCUT2D eigenvalue weighted by Gasteiger charge is -2.25. The van der Waals surface area contributed by atoms with Crippen LogP contribution in [0.15, 0.2) is 54.1 Å². The molecule has 0 aliphatic carbocycles. The maximum Gasteiger partial charge on any atom is 0.295 e. The van der Waals surface area contributed by atoms with Crippen LogP contribution in [0.2, 0.25) is 0 Å². The van der Waals surface area contributed by atoms with Gasteiger partial charge in [-0.05, 0) is 48.4 Å². The zero-order valence-corrected chi connectivity index (χ0v) is 21.5. The molecule has 1 amide bonds. The van der Waals surface area contributed by atoms with Gasteiger partial charge in [-0.1, -0.05) is 76.8 Å². The number of aromatic hydroxyl groups is 1. The van der Waals surface area contributed by atoms with Crippen molar-refractivity contribution >= 4 is 17.4 Å². The summed E-state index contributed by atoms with van der Waals surface area (Å²) in [4.78, 5) is 27.7. The second-order valence-electron chi connectivity index (χ2n) is 9.49. The average Bonchev–Trinajstić information content (AvgIpc) is 3.14. The second kappa shape index (κ2) is 13.7. The zero-order chi connectivity index (χ0) is 25.9. The van der Waals surface area contributed by atoms with Crippen molar-refractivity contribution in [3.63, 3.8) is 0 Å². The first-order valence-electron chi connectivity index (χ1n) is 13.2. The quantitative estimate of drug-likeness (QED) is 0.132. The van der Waals surface area contributed by atoms with Gasteiger partial charge < -0.3 is 19.8 Å². The fraction of sp³-hybridized carbons (Fsp3) is 0.467. The van der Waals surface area contributed by atoms with Crippen LogP contribution in [0.3, 0.4) is 0 Å². The van der Waals surface area contributed by atoms with E-state index in [2.05, 4.69) is 6.92 Å². The Labute approximate surface area is 214 Å². The number of hydrogen-bond acceptors (Lipinski definition) is 5. The van der Waals surface area contributed by atoms with E-state index >= 15 is 0 Å². The highest BCUT2D eigenvalue weighted by molar-refractivity contribution is 6.46. The Kier molecular flexibility index (Phi) is 10.4. The van der Waals surface area contributed by atoms with Gasteiger partial charge in [0.1, 0.15) is 17.3 Å². The lowest BCUT2D eigenvalue weighted by Crippen LogP contribution is -2.30. The van der Waals surface area contributed by atoms with E-state index in [0.29, 0.717) is 23.4 Å². The molecule has 0 saturated carbocycles. The summed E-state index contributed by atoms with van der Waals surface area (Å²) in [6.07, 6.45) is 11.8. The Balaban J connectivity index is 1.72. The Morgan fingerprint density at radius 3 is 1.94 bits per heavy atom. The summed E-state index contributed by atoms with van der Waals surface area (Å²) < 4.78 is 5.18. The Morgan fingerprint density at radius 1 is 0.833 bits per heavy atom. The van der Waals surface area contributed by atoms with Crippen molar-refractivity contribution < 1.29 is 24.5 Å². The van der Waals surface area contributed by atoms with Crippen LogP contribution in [0, 0.1) is 0 Å². The summed E-state index contributed by atoms with van der Waals surface area (Å²) in [7, 11) is 1.55. The highest BCUT2D eigenvalue weighted by Gasteiger charge is 2.45. The van der Waals surface area contributed by atoms with Crippen molar-refractivity contribution in [3.8, 4) is 11.5 Å². The molecule has 2 aromatic carbocycles. The van der Waals surface area contributed by atoms with Crippen LogP contribution in [-0.2, 0) is 9.59 Å². The molecule has 1 heterocycles. The van der Waals surface area contributed by atoms with Gasteiger partial charge in [-0.2, -0.15) is 0 Å². The molecule has 2 aromatic rings. The Hall–Kier alpha value is -3.28. The lowest BCUT2D eigenvalue weighted by atomic mass is 9.95. The van der Waals surface area contributed by atoms with E-state index in [1.54, 1.807) is 48.4 Å². The molecule has 1 saturated heterocycles. The van der Waals surface area contributed by atoms with Crippen molar-refractivity contribution in [1.29, 1.82) is 0 Å². The average molecular weight is 494 g/mol. The number of ether oxygens (including phenoxy) is 1. The standard InChI is InChI=1S/C30H39NO5/c1-3-4-5-6-7-8-9-10-11-12-21-31-27(22-13-17-24(32)18-14-22)26(29(34)30(31)35)28(33)23-15-19-25(36-2)20-16-23/h13-20,27,32-33H,3-12,21H2,1-2H3/t27-/m1/s1. The first-order valence-corrected chi connectivity index (χ1v) is 13.2. The van der Waals surface area contributed by atoms with Gasteiger partial charge in [-0.3, -0.25) is 9.59 Å². The number of carbonyl (C=O) groups is 2. The number of ketones is 1. The number of amides is 1. The maximum atomic E-state index is 13.1. The van der Waals surface area contributed by atoms with Gasteiger partial charge in [0.2, 0.25) is 0 Å². The highest BCUT2D eigenvalue weighted by Crippen LogP contribution is 2.40. The van der Waals surface area contributed by atoms with E-state index in [1.807, 2.05) is 0 Å². The normalized spacial score (nSPS) is 17.1. The monoisotopic (exact) mass is 493 g/mol. The van der Waals surface area contributed by atoms with Gasteiger partial charge in [-0.25, -0.2) is 0 Å². The number of unbranched alkanes of at least 4 members (excludes halogenated alkanes) is 9. The van der Waals surface area contributed by atoms with Gasteiger partial charge >= 0.3 is 0 Å². The fourth-order valence-corrected chi connectivity index (χ4v) is 4.79. The number of rotatable bonds is 14. The number of nitrogens with zero attached hydrogens (tertiary/aromatic N) is 1. The molecule has 6 nitrogen and oxygen atoms in total. The van der Waals surface area contributed by atoms with Crippen molar-refractivity contribution in [2.24, 2.45) is 0 Å². The molecule has 194 valence electrons. The molecule has 1 aliphatic heterocycles. The summed E-state index contributed by atoms with van der Waals surface area (Å²) in [5.74, 6) is -0.768.